The van der Waals surface area contributed by atoms with E-state index in [1.54, 1.807) is 0 Å². The number of nitrogens with two attached hydrogens (primary N) is 1. The van der Waals surface area contributed by atoms with E-state index in [4.69, 9.17) is 5.73 Å². The monoisotopic (exact) mass is 289 g/mol. The molecule has 0 bridgehead atoms. The summed E-state index contributed by atoms with van der Waals surface area (Å²) in [7, 11) is 0. The molecule has 0 atom stereocenters. The number of halogens is 1. The summed E-state index contributed by atoms with van der Waals surface area (Å²) in [5, 5.41) is 2.65. The Hall–Kier alpha value is -0.860. The van der Waals surface area contributed by atoms with Gasteiger partial charge in [-0.1, -0.05) is 52.7 Å². The van der Waals surface area contributed by atoms with E-state index in [9.17, 15) is 0 Å². The molecule has 1 fully saturated rings. The second kappa shape index (κ2) is 4.11. The Bertz CT molecular complexity index is 547. The molecule has 0 heterocycles. The minimum atomic E-state index is 0.226. The molecule has 88 valence electrons. The molecule has 1 nitrogen and oxygen atoms in total. The van der Waals surface area contributed by atoms with Gasteiger partial charge in [0.05, 0.1) is 0 Å². The average Bonchev–Trinajstić information content (AvgIpc) is 2.29. The van der Waals surface area contributed by atoms with E-state index in [-0.39, 0.29) is 5.41 Å². The summed E-state index contributed by atoms with van der Waals surface area (Å²) in [6.45, 7) is 0.757. The van der Waals surface area contributed by atoms with Crippen LogP contribution in [0.5, 0.6) is 0 Å². The smallest absolute Gasteiger partial charge is 0.0256 e. The fourth-order valence-corrected chi connectivity index (χ4v) is 3.52. The van der Waals surface area contributed by atoms with Crippen LogP contribution >= 0.6 is 15.9 Å². The maximum absolute atomic E-state index is 6.03. The number of benzene rings is 2. The maximum Gasteiger partial charge on any atom is 0.0256 e. The third kappa shape index (κ3) is 1.62. The van der Waals surface area contributed by atoms with Crippen LogP contribution in [0.1, 0.15) is 24.8 Å². The van der Waals surface area contributed by atoms with E-state index < -0.39 is 0 Å². The Morgan fingerprint density at radius 1 is 1.12 bits per heavy atom. The highest BCUT2D eigenvalue weighted by Crippen LogP contribution is 2.46. The van der Waals surface area contributed by atoms with Crippen molar-refractivity contribution in [1.29, 1.82) is 0 Å². The van der Waals surface area contributed by atoms with Crippen LogP contribution in [-0.2, 0) is 5.41 Å². The van der Waals surface area contributed by atoms with Gasteiger partial charge in [0.1, 0.15) is 0 Å². The van der Waals surface area contributed by atoms with Crippen LogP contribution in [0.2, 0.25) is 0 Å². The summed E-state index contributed by atoms with van der Waals surface area (Å²) < 4.78 is 1.19. The second-order valence-corrected chi connectivity index (χ2v) is 5.84. The van der Waals surface area contributed by atoms with Gasteiger partial charge in [0, 0.05) is 16.4 Å². The van der Waals surface area contributed by atoms with E-state index in [0.29, 0.717) is 0 Å². The summed E-state index contributed by atoms with van der Waals surface area (Å²) in [5.41, 5.74) is 7.68. The molecule has 0 spiro atoms. The summed E-state index contributed by atoms with van der Waals surface area (Å²) >= 11 is 3.68. The predicted molar refractivity (Wildman–Crippen MR) is 76.2 cm³/mol. The Morgan fingerprint density at radius 2 is 1.82 bits per heavy atom. The van der Waals surface area contributed by atoms with E-state index >= 15 is 0 Å². The quantitative estimate of drug-likeness (QED) is 0.889. The highest BCUT2D eigenvalue weighted by molar-refractivity contribution is 9.10. The van der Waals surface area contributed by atoms with Crippen molar-refractivity contribution in [1.82, 2.24) is 0 Å². The van der Waals surface area contributed by atoms with Gasteiger partial charge in [-0.05, 0) is 35.2 Å². The summed E-state index contributed by atoms with van der Waals surface area (Å²) in [6.07, 6.45) is 3.76. The SMILES string of the molecule is NCC1(c2cccc3cccc(Br)c23)CCC1. The zero-order chi connectivity index (χ0) is 11.9. The first-order valence-corrected chi connectivity index (χ1v) is 6.94. The molecule has 2 aromatic rings. The molecule has 0 saturated heterocycles. The van der Waals surface area contributed by atoms with Gasteiger partial charge < -0.3 is 5.73 Å². The molecule has 1 aliphatic carbocycles. The van der Waals surface area contributed by atoms with Crippen molar-refractivity contribution in [3.63, 3.8) is 0 Å². The Kier molecular flexibility index (Phi) is 2.72. The summed E-state index contributed by atoms with van der Waals surface area (Å²) in [4.78, 5) is 0. The van der Waals surface area contributed by atoms with Crippen molar-refractivity contribution >= 4 is 26.7 Å². The van der Waals surface area contributed by atoms with Crippen molar-refractivity contribution in [2.75, 3.05) is 6.54 Å². The Labute approximate surface area is 110 Å². The zero-order valence-electron chi connectivity index (χ0n) is 9.75. The third-order valence-corrected chi connectivity index (χ3v) is 4.79. The van der Waals surface area contributed by atoms with Crippen molar-refractivity contribution in [2.45, 2.75) is 24.7 Å². The van der Waals surface area contributed by atoms with E-state index in [1.165, 1.54) is 40.1 Å². The maximum atomic E-state index is 6.03. The van der Waals surface area contributed by atoms with Crippen LogP contribution in [0.3, 0.4) is 0 Å². The fourth-order valence-electron chi connectivity index (χ4n) is 2.92. The van der Waals surface area contributed by atoms with Gasteiger partial charge in [0.2, 0.25) is 0 Å². The zero-order valence-corrected chi connectivity index (χ0v) is 11.3. The number of hydrogen-bond donors (Lipinski definition) is 1. The molecule has 3 rings (SSSR count). The molecule has 1 saturated carbocycles. The molecule has 2 N–H and O–H groups in total. The lowest BCUT2D eigenvalue weighted by atomic mass is 9.63. The second-order valence-electron chi connectivity index (χ2n) is 4.98. The fraction of sp³-hybridized carbons (Fsp3) is 0.333. The van der Waals surface area contributed by atoms with Gasteiger partial charge in [-0.25, -0.2) is 0 Å². The molecule has 2 aromatic carbocycles. The molecule has 0 amide bonds. The van der Waals surface area contributed by atoms with Crippen LogP contribution in [0.4, 0.5) is 0 Å². The van der Waals surface area contributed by atoms with Gasteiger partial charge in [-0.3, -0.25) is 0 Å². The number of fused-ring (bicyclic) bond motifs is 1. The largest absolute Gasteiger partial charge is 0.330 e. The van der Waals surface area contributed by atoms with E-state index in [1.807, 2.05) is 0 Å². The summed E-state index contributed by atoms with van der Waals surface area (Å²) in [5.74, 6) is 0. The van der Waals surface area contributed by atoms with Gasteiger partial charge in [-0.15, -0.1) is 0 Å². The average molecular weight is 290 g/mol. The molecular weight excluding hydrogens is 274 g/mol. The van der Waals surface area contributed by atoms with Crippen LogP contribution in [0, 0.1) is 0 Å². The molecule has 0 radical (unpaired) electrons. The normalized spacial score (nSPS) is 18.0. The highest BCUT2D eigenvalue weighted by Gasteiger charge is 2.38. The van der Waals surface area contributed by atoms with Crippen LogP contribution < -0.4 is 5.73 Å². The van der Waals surface area contributed by atoms with Gasteiger partial charge in [0.25, 0.3) is 0 Å². The Morgan fingerprint density at radius 3 is 2.41 bits per heavy atom. The first-order valence-electron chi connectivity index (χ1n) is 6.15. The first kappa shape index (κ1) is 11.2. The molecular formula is C15H16BrN. The van der Waals surface area contributed by atoms with Crippen LogP contribution in [-0.4, -0.2) is 6.54 Å². The lowest BCUT2D eigenvalue weighted by molar-refractivity contribution is 0.255. The molecule has 0 aromatic heterocycles. The van der Waals surface area contributed by atoms with Crippen LogP contribution in [0.25, 0.3) is 10.8 Å². The highest BCUT2D eigenvalue weighted by atomic mass is 79.9. The topological polar surface area (TPSA) is 26.0 Å². The standard InChI is InChI=1S/C15H16BrN/c16-13-7-2-5-11-4-1-6-12(14(11)13)15(10-17)8-3-9-15/h1-2,4-7H,3,8-10,17H2. The molecule has 0 unspecified atom stereocenters. The van der Waals surface area contributed by atoms with Gasteiger partial charge in [0.15, 0.2) is 0 Å². The van der Waals surface area contributed by atoms with Crippen LogP contribution in [0.15, 0.2) is 40.9 Å². The lowest BCUT2D eigenvalue weighted by Crippen LogP contribution is -2.41. The summed E-state index contributed by atoms with van der Waals surface area (Å²) in [6, 6.07) is 13.0. The lowest BCUT2D eigenvalue weighted by Gasteiger charge is -2.42. The van der Waals surface area contributed by atoms with E-state index in [2.05, 4.69) is 52.3 Å². The van der Waals surface area contributed by atoms with Crippen molar-refractivity contribution in [2.24, 2.45) is 5.73 Å². The minimum absolute atomic E-state index is 0.226. The third-order valence-electron chi connectivity index (χ3n) is 4.13. The van der Waals surface area contributed by atoms with Gasteiger partial charge in [-0.2, -0.15) is 0 Å². The molecule has 1 aliphatic rings. The number of rotatable bonds is 2. The van der Waals surface area contributed by atoms with Crippen molar-refractivity contribution < 1.29 is 0 Å². The molecule has 2 heteroatoms. The van der Waals surface area contributed by atoms with Crippen molar-refractivity contribution in [3.05, 3.63) is 46.4 Å². The molecule has 17 heavy (non-hydrogen) atoms. The number of hydrogen-bond acceptors (Lipinski definition) is 1. The first-order chi connectivity index (χ1) is 8.27. The Balaban J connectivity index is 2.29. The minimum Gasteiger partial charge on any atom is -0.330 e. The van der Waals surface area contributed by atoms with Crippen molar-refractivity contribution in [3.8, 4) is 0 Å². The predicted octanol–water partition coefficient (Wildman–Crippen LogP) is 3.98. The van der Waals surface area contributed by atoms with E-state index in [0.717, 1.165) is 6.54 Å². The van der Waals surface area contributed by atoms with Gasteiger partial charge >= 0.3 is 0 Å². The molecule has 0 aliphatic heterocycles.